The normalized spacial score (nSPS) is 13.6. The highest BCUT2D eigenvalue weighted by atomic mass is 31.2. The number of nitrogens with zero attached hydrogens (tertiary/aromatic N) is 1. The topological polar surface area (TPSA) is 114 Å². The summed E-state index contributed by atoms with van der Waals surface area (Å²) in [6, 6.07) is -0.880. The van der Waals surface area contributed by atoms with Crippen LogP contribution in [0.2, 0.25) is 0 Å². The van der Waals surface area contributed by atoms with Crippen molar-refractivity contribution in [2.75, 3.05) is 40.9 Å². The molecule has 0 aliphatic heterocycles. The van der Waals surface area contributed by atoms with Gasteiger partial charge in [0.1, 0.15) is 19.3 Å². The van der Waals surface area contributed by atoms with Gasteiger partial charge in [-0.25, -0.2) is 0 Å². The average molecular weight is 1140 g/mol. The van der Waals surface area contributed by atoms with Crippen LogP contribution in [0.15, 0.2) is 12.2 Å². The minimum atomic E-state index is -4.69. The van der Waals surface area contributed by atoms with Crippen LogP contribution >= 0.6 is 7.82 Å². The molecular formula is C69H137N2O7P. The van der Waals surface area contributed by atoms with Gasteiger partial charge in [-0.05, 0) is 31.8 Å². The van der Waals surface area contributed by atoms with Crippen LogP contribution in [-0.2, 0) is 27.9 Å². The highest BCUT2D eigenvalue weighted by Gasteiger charge is 2.27. The van der Waals surface area contributed by atoms with Gasteiger partial charge in [-0.15, -0.1) is 0 Å². The van der Waals surface area contributed by atoms with Gasteiger partial charge in [0.2, 0.25) is 5.91 Å². The van der Waals surface area contributed by atoms with E-state index in [-0.39, 0.29) is 31.5 Å². The third-order valence-electron chi connectivity index (χ3n) is 16.2. The number of unbranched alkanes of at least 4 members (excludes halogenated alkanes) is 49. The second-order valence-corrected chi connectivity index (χ2v) is 26.8. The summed E-state index contributed by atoms with van der Waals surface area (Å²) in [7, 11) is 1.21. The van der Waals surface area contributed by atoms with Gasteiger partial charge < -0.3 is 28.5 Å². The molecule has 0 rings (SSSR count). The lowest BCUT2D eigenvalue weighted by atomic mass is 10.0. The van der Waals surface area contributed by atoms with E-state index in [9.17, 15) is 19.0 Å². The van der Waals surface area contributed by atoms with Crippen molar-refractivity contribution >= 4 is 19.7 Å². The number of rotatable bonds is 65. The minimum absolute atomic E-state index is 0.0164. The highest BCUT2D eigenvalue weighted by Crippen LogP contribution is 2.38. The third kappa shape index (κ3) is 61.1. The van der Waals surface area contributed by atoms with Gasteiger partial charge in [0.25, 0.3) is 7.82 Å². The third-order valence-corrected chi connectivity index (χ3v) is 17.2. The molecule has 0 aromatic rings. The Kier molecular flexibility index (Phi) is 58.9. The summed E-state index contributed by atoms with van der Waals surface area (Å²) in [6.45, 7) is 6.92. The van der Waals surface area contributed by atoms with Gasteiger partial charge in [0.15, 0.2) is 0 Å². The van der Waals surface area contributed by atoms with E-state index < -0.39 is 20.0 Å². The molecule has 3 unspecified atom stereocenters. The Hall–Kier alpha value is -1.25. The first-order chi connectivity index (χ1) is 38.4. The van der Waals surface area contributed by atoms with Gasteiger partial charge in [0, 0.05) is 12.8 Å². The van der Waals surface area contributed by atoms with Crippen LogP contribution in [-0.4, -0.2) is 69.4 Å². The molecule has 0 aromatic carbocycles. The summed E-state index contributed by atoms with van der Waals surface area (Å²) in [5.74, 6) is -0.514. The first-order valence-electron chi connectivity index (χ1n) is 35.0. The fraction of sp³-hybridized carbons (Fsp3) is 0.942. The summed E-state index contributed by atoms with van der Waals surface area (Å²) >= 11 is 0. The molecule has 0 saturated heterocycles. The number of amides is 1. The van der Waals surface area contributed by atoms with E-state index in [1.165, 1.54) is 276 Å². The number of ether oxygens (including phenoxy) is 1. The highest BCUT2D eigenvalue weighted by molar-refractivity contribution is 7.45. The van der Waals surface area contributed by atoms with Crippen LogP contribution in [0, 0.1) is 0 Å². The average Bonchev–Trinajstić information content (AvgIpc) is 3.41. The fourth-order valence-corrected chi connectivity index (χ4v) is 11.5. The van der Waals surface area contributed by atoms with Gasteiger partial charge in [0.05, 0.1) is 33.8 Å². The Balaban J connectivity index is 5.02. The molecule has 1 amide bonds. The zero-order chi connectivity index (χ0) is 57.9. The van der Waals surface area contributed by atoms with Gasteiger partial charge in [-0.3, -0.25) is 14.2 Å². The van der Waals surface area contributed by atoms with Crippen molar-refractivity contribution in [3.05, 3.63) is 12.2 Å². The number of likely N-dealkylation sites (N-methyl/N-ethyl adjacent to an activating group) is 1. The maximum Gasteiger partial charge on any atom is 0.306 e. The lowest BCUT2D eigenvalue weighted by Gasteiger charge is -2.30. The summed E-state index contributed by atoms with van der Waals surface area (Å²) in [5, 5.41) is 3.05. The van der Waals surface area contributed by atoms with Crippen molar-refractivity contribution in [3.63, 3.8) is 0 Å². The molecule has 0 saturated carbocycles. The van der Waals surface area contributed by atoms with Crippen LogP contribution in [0.25, 0.3) is 0 Å². The predicted octanol–water partition coefficient (Wildman–Crippen LogP) is 21.3. The largest absolute Gasteiger partial charge is 0.756 e. The number of allylic oxidation sites excluding steroid dienone is 1. The summed E-state index contributed by atoms with van der Waals surface area (Å²) in [4.78, 5) is 40.1. The first kappa shape index (κ1) is 77.8. The van der Waals surface area contributed by atoms with E-state index in [1.54, 1.807) is 0 Å². The van der Waals surface area contributed by atoms with E-state index >= 15 is 0 Å². The second kappa shape index (κ2) is 59.9. The van der Waals surface area contributed by atoms with Gasteiger partial charge in [-0.2, -0.15) is 0 Å². The van der Waals surface area contributed by atoms with Crippen molar-refractivity contribution in [3.8, 4) is 0 Å². The number of esters is 1. The molecule has 0 aliphatic carbocycles. The summed E-state index contributed by atoms with van der Waals surface area (Å²) in [6.07, 6.45) is 70.5. The van der Waals surface area contributed by atoms with Gasteiger partial charge in [-0.1, -0.05) is 335 Å². The van der Waals surface area contributed by atoms with Crippen molar-refractivity contribution in [1.29, 1.82) is 0 Å². The fourth-order valence-electron chi connectivity index (χ4n) is 10.8. The Morgan fingerprint density at radius 3 is 1.04 bits per heavy atom. The van der Waals surface area contributed by atoms with E-state index in [0.29, 0.717) is 17.4 Å². The Labute approximate surface area is 492 Å². The van der Waals surface area contributed by atoms with Gasteiger partial charge >= 0.3 is 5.97 Å². The summed E-state index contributed by atoms with van der Waals surface area (Å²) < 4.78 is 30.4. The molecule has 470 valence electrons. The van der Waals surface area contributed by atoms with E-state index in [1.807, 2.05) is 33.3 Å². The molecule has 0 spiro atoms. The predicted molar refractivity (Wildman–Crippen MR) is 340 cm³/mol. The zero-order valence-corrected chi connectivity index (χ0v) is 54.8. The van der Waals surface area contributed by atoms with Crippen molar-refractivity contribution < 1.29 is 37.3 Å². The van der Waals surface area contributed by atoms with E-state index in [0.717, 1.165) is 57.8 Å². The number of carbonyl (C=O) groups excluding carboxylic acids is 2. The second-order valence-electron chi connectivity index (χ2n) is 25.4. The monoisotopic (exact) mass is 1140 g/mol. The van der Waals surface area contributed by atoms with Crippen LogP contribution in [0.4, 0.5) is 0 Å². The molecule has 3 atom stereocenters. The molecular weight excluding hydrogens is 1000 g/mol. The van der Waals surface area contributed by atoms with E-state index in [4.69, 9.17) is 13.8 Å². The molecule has 1 N–H and O–H groups in total. The lowest BCUT2D eigenvalue weighted by molar-refractivity contribution is -0.870. The minimum Gasteiger partial charge on any atom is -0.756 e. The number of carbonyl (C=O) groups is 2. The maximum atomic E-state index is 13.6. The standard InChI is InChI=1S/C69H137N2O7P/c1-7-10-13-16-19-22-25-28-30-31-32-33-34-35-36-37-38-39-41-43-46-49-52-55-58-61-68(72)70-66(65-77-79(74,75)76-64-63-71(4,5)6)67(60-57-54-51-48-45-42-27-24-21-18-15-12-9-3)78-69(73)62-59-56-53-50-47-44-40-29-26-23-20-17-14-11-8-2/h57,60,66-67H,7-56,58-59,61-65H2,1-6H3,(H-,70,72,74,75)/b60-57-. The molecule has 0 radical (unpaired) electrons. The maximum absolute atomic E-state index is 13.6. The van der Waals surface area contributed by atoms with Crippen LogP contribution in [0.1, 0.15) is 367 Å². The molecule has 0 aromatic heterocycles. The van der Waals surface area contributed by atoms with E-state index in [2.05, 4.69) is 26.1 Å². The Morgan fingerprint density at radius 2 is 0.722 bits per heavy atom. The van der Waals surface area contributed by atoms with Crippen LogP contribution in [0.5, 0.6) is 0 Å². The molecule has 0 bridgehead atoms. The number of nitrogens with one attached hydrogen (secondary N) is 1. The smallest absolute Gasteiger partial charge is 0.306 e. The van der Waals surface area contributed by atoms with Crippen LogP contribution in [0.3, 0.4) is 0 Å². The number of quaternary nitrogens is 1. The Bertz CT molecular complexity index is 1360. The SMILES string of the molecule is CCCCCCCCCCCCC/C=C\C(OC(=O)CCCCCCCCCCCCCCCCC)C(COP(=O)([O-])OCC[N+](C)(C)C)NC(=O)CCCCCCCCCCCCCCCCCCCCCCCCCCC. The first-order valence-corrected chi connectivity index (χ1v) is 36.5. The molecule has 9 nitrogen and oxygen atoms in total. The molecule has 10 heteroatoms. The molecule has 0 fully saturated rings. The van der Waals surface area contributed by atoms with Crippen LogP contribution < -0.4 is 10.2 Å². The summed E-state index contributed by atoms with van der Waals surface area (Å²) in [5.41, 5.74) is 0. The van der Waals surface area contributed by atoms with Crippen molar-refractivity contribution in [1.82, 2.24) is 5.32 Å². The quantitative estimate of drug-likeness (QED) is 0.0212. The Morgan fingerprint density at radius 1 is 0.430 bits per heavy atom. The molecule has 79 heavy (non-hydrogen) atoms. The number of hydrogen-bond acceptors (Lipinski definition) is 7. The number of hydrogen-bond donors (Lipinski definition) is 1. The van der Waals surface area contributed by atoms with Crippen molar-refractivity contribution in [2.45, 2.75) is 380 Å². The van der Waals surface area contributed by atoms with Crippen molar-refractivity contribution in [2.24, 2.45) is 0 Å². The number of phosphoric ester groups is 1. The zero-order valence-electron chi connectivity index (χ0n) is 53.9. The number of phosphoric acid groups is 1. The molecule has 0 aliphatic rings. The molecule has 0 heterocycles. The lowest BCUT2D eigenvalue weighted by Crippen LogP contribution is -2.47.